The summed E-state index contributed by atoms with van der Waals surface area (Å²) in [6, 6.07) is 6.10. The molecule has 156 valence electrons. The maximum absolute atomic E-state index is 12.7. The molecule has 1 N–H and O–H groups in total. The smallest absolute Gasteiger partial charge is 0.252 e. The van der Waals surface area contributed by atoms with Gasteiger partial charge < -0.3 is 10.2 Å². The molecule has 1 saturated heterocycles. The molecule has 2 aliphatic rings. The molecule has 0 bridgehead atoms. The second-order valence-electron chi connectivity index (χ2n) is 8.13. The Labute approximate surface area is 182 Å². The number of anilines is 1. The fourth-order valence-corrected chi connectivity index (χ4v) is 5.71. The molecule has 1 aliphatic heterocycles. The monoisotopic (exact) mass is 431 g/mol. The van der Waals surface area contributed by atoms with E-state index in [-0.39, 0.29) is 5.91 Å². The molecule has 4 nitrogen and oxygen atoms in total. The summed E-state index contributed by atoms with van der Waals surface area (Å²) in [5, 5.41) is 6.02. The van der Waals surface area contributed by atoms with Crippen molar-refractivity contribution in [3.8, 4) is 0 Å². The molecule has 0 unspecified atom stereocenters. The fraction of sp³-hybridized carbons (Fsp3) is 0.522. The Hall–Kier alpha value is -1.56. The number of hydrogen-bond acceptors (Lipinski definition) is 4. The highest BCUT2D eigenvalue weighted by Gasteiger charge is 2.21. The molecule has 0 radical (unpaired) electrons. The number of thiophene rings is 1. The van der Waals surface area contributed by atoms with Gasteiger partial charge in [-0.2, -0.15) is 0 Å². The van der Waals surface area contributed by atoms with Gasteiger partial charge in [-0.05, 0) is 55.9 Å². The minimum atomic E-state index is 0.109. The number of amides is 1. The normalized spacial score (nSPS) is 17.7. The molecule has 0 saturated carbocycles. The number of carbonyl (C=O) groups is 1. The number of aryl methyl sites for hydroxylation is 2. The van der Waals surface area contributed by atoms with Crippen LogP contribution in [0.3, 0.4) is 0 Å². The molecule has 4 rings (SSSR count). The third-order valence-electron chi connectivity index (χ3n) is 6.15. The SMILES string of the molecule is Cc1ccc(Cl)cc1N1CCN(CCNC(=O)c2csc3c2CCCCC3)CC1. The highest BCUT2D eigenvalue weighted by Crippen LogP contribution is 2.29. The minimum absolute atomic E-state index is 0.109. The van der Waals surface area contributed by atoms with Crippen LogP contribution in [0.25, 0.3) is 0 Å². The van der Waals surface area contributed by atoms with Crippen LogP contribution in [0.1, 0.15) is 45.6 Å². The zero-order valence-corrected chi connectivity index (χ0v) is 18.7. The van der Waals surface area contributed by atoms with Gasteiger partial charge >= 0.3 is 0 Å². The van der Waals surface area contributed by atoms with Crippen LogP contribution in [0.4, 0.5) is 5.69 Å². The lowest BCUT2D eigenvalue weighted by Gasteiger charge is -2.36. The lowest BCUT2D eigenvalue weighted by atomic mass is 10.1. The van der Waals surface area contributed by atoms with Crippen LogP contribution in [-0.2, 0) is 12.8 Å². The molecule has 1 amide bonds. The van der Waals surface area contributed by atoms with Gasteiger partial charge in [-0.3, -0.25) is 9.69 Å². The topological polar surface area (TPSA) is 35.6 Å². The van der Waals surface area contributed by atoms with Crippen LogP contribution in [0.15, 0.2) is 23.6 Å². The quantitative estimate of drug-likeness (QED) is 0.706. The zero-order valence-electron chi connectivity index (χ0n) is 17.2. The Kier molecular flexibility index (Phi) is 6.78. The van der Waals surface area contributed by atoms with E-state index < -0.39 is 0 Å². The highest BCUT2D eigenvalue weighted by atomic mass is 35.5. The van der Waals surface area contributed by atoms with Crippen molar-refractivity contribution in [1.29, 1.82) is 0 Å². The van der Waals surface area contributed by atoms with E-state index in [1.807, 2.05) is 6.07 Å². The summed E-state index contributed by atoms with van der Waals surface area (Å²) in [4.78, 5) is 19.0. The second kappa shape index (κ2) is 9.50. The number of nitrogens with zero attached hydrogens (tertiary/aromatic N) is 2. The summed E-state index contributed by atoms with van der Waals surface area (Å²) in [7, 11) is 0. The van der Waals surface area contributed by atoms with Crippen molar-refractivity contribution in [1.82, 2.24) is 10.2 Å². The van der Waals surface area contributed by atoms with E-state index in [0.29, 0.717) is 6.54 Å². The molecule has 29 heavy (non-hydrogen) atoms. The van der Waals surface area contributed by atoms with Crippen molar-refractivity contribution >= 4 is 34.5 Å². The number of piperazine rings is 1. The van der Waals surface area contributed by atoms with Gasteiger partial charge in [0, 0.05) is 60.2 Å². The van der Waals surface area contributed by atoms with Crippen molar-refractivity contribution in [3.63, 3.8) is 0 Å². The van der Waals surface area contributed by atoms with E-state index in [1.165, 1.54) is 41.0 Å². The Balaban J connectivity index is 1.24. The molecule has 1 aromatic heterocycles. The molecule has 0 spiro atoms. The summed E-state index contributed by atoms with van der Waals surface area (Å²) in [5.41, 5.74) is 4.75. The Morgan fingerprint density at radius 2 is 1.93 bits per heavy atom. The first-order valence-electron chi connectivity index (χ1n) is 10.7. The fourth-order valence-electron chi connectivity index (χ4n) is 4.42. The van der Waals surface area contributed by atoms with Gasteiger partial charge in [0.25, 0.3) is 5.91 Å². The molecule has 1 aliphatic carbocycles. The van der Waals surface area contributed by atoms with Gasteiger partial charge in [0.05, 0.1) is 5.56 Å². The second-order valence-corrected chi connectivity index (χ2v) is 9.53. The number of fused-ring (bicyclic) bond motifs is 1. The van der Waals surface area contributed by atoms with Gasteiger partial charge in [0.1, 0.15) is 0 Å². The molecule has 0 atom stereocenters. The Morgan fingerprint density at radius 1 is 1.14 bits per heavy atom. The number of hydrogen-bond donors (Lipinski definition) is 1. The first-order valence-corrected chi connectivity index (χ1v) is 12.0. The molecule has 1 fully saturated rings. The lowest BCUT2D eigenvalue weighted by Crippen LogP contribution is -2.48. The van der Waals surface area contributed by atoms with E-state index in [0.717, 1.165) is 56.2 Å². The average Bonchev–Trinajstić information content (AvgIpc) is 2.99. The number of rotatable bonds is 5. The molecule has 2 aromatic rings. The standard InChI is InChI=1S/C23H30ClN3OS/c1-17-7-8-18(24)15-21(17)27-13-11-26(12-14-27)10-9-25-23(28)20-16-29-22-6-4-2-3-5-19(20)22/h7-8,15-16H,2-6,9-14H2,1H3,(H,25,28). The number of nitrogens with one attached hydrogen (secondary N) is 1. The van der Waals surface area contributed by atoms with Crippen molar-refractivity contribution in [2.24, 2.45) is 0 Å². The summed E-state index contributed by atoms with van der Waals surface area (Å²) >= 11 is 7.95. The molecule has 2 heterocycles. The largest absolute Gasteiger partial charge is 0.369 e. The van der Waals surface area contributed by atoms with Gasteiger partial charge in [0.2, 0.25) is 0 Å². The predicted octanol–water partition coefficient (Wildman–Crippen LogP) is 4.53. The van der Waals surface area contributed by atoms with E-state index in [2.05, 4.69) is 39.6 Å². The van der Waals surface area contributed by atoms with Crippen LogP contribution in [0.2, 0.25) is 5.02 Å². The van der Waals surface area contributed by atoms with Gasteiger partial charge in [0.15, 0.2) is 0 Å². The third-order valence-corrected chi connectivity index (χ3v) is 7.48. The number of benzene rings is 1. The zero-order chi connectivity index (χ0) is 20.2. The third kappa shape index (κ3) is 4.96. The van der Waals surface area contributed by atoms with Crippen molar-refractivity contribution in [2.45, 2.75) is 39.0 Å². The summed E-state index contributed by atoms with van der Waals surface area (Å²) in [5.74, 6) is 0.109. The first-order chi connectivity index (χ1) is 14.1. The van der Waals surface area contributed by atoms with Gasteiger partial charge in [-0.15, -0.1) is 11.3 Å². The molecule has 1 aromatic carbocycles. The lowest BCUT2D eigenvalue weighted by molar-refractivity contribution is 0.0947. The molecular weight excluding hydrogens is 402 g/mol. The average molecular weight is 432 g/mol. The van der Waals surface area contributed by atoms with Gasteiger partial charge in [-0.1, -0.05) is 24.1 Å². The predicted molar refractivity (Wildman–Crippen MR) is 123 cm³/mol. The van der Waals surface area contributed by atoms with Crippen molar-refractivity contribution in [2.75, 3.05) is 44.2 Å². The molecule has 6 heteroatoms. The van der Waals surface area contributed by atoms with Crippen molar-refractivity contribution in [3.05, 3.63) is 50.2 Å². The highest BCUT2D eigenvalue weighted by molar-refractivity contribution is 7.10. The van der Waals surface area contributed by atoms with E-state index in [1.54, 1.807) is 11.3 Å². The van der Waals surface area contributed by atoms with Crippen LogP contribution < -0.4 is 10.2 Å². The number of halogens is 1. The summed E-state index contributed by atoms with van der Waals surface area (Å²) < 4.78 is 0. The minimum Gasteiger partial charge on any atom is -0.369 e. The summed E-state index contributed by atoms with van der Waals surface area (Å²) in [6.45, 7) is 7.75. The van der Waals surface area contributed by atoms with E-state index in [4.69, 9.17) is 11.6 Å². The van der Waals surface area contributed by atoms with Gasteiger partial charge in [-0.25, -0.2) is 0 Å². The Morgan fingerprint density at radius 3 is 2.76 bits per heavy atom. The van der Waals surface area contributed by atoms with Crippen LogP contribution in [0.5, 0.6) is 0 Å². The van der Waals surface area contributed by atoms with Crippen LogP contribution in [-0.4, -0.2) is 50.1 Å². The van der Waals surface area contributed by atoms with Crippen molar-refractivity contribution < 1.29 is 4.79 Å². The maximum Gasteiger partial charge on any atom is 0.252 e. The first kappa shape index (κ1) is 20.7. The van der Waals surface area contributed by atoms with Crippen LogP contribution >= 0.6 is 22.9 Å². The van der Waals surface area contributed by atoms with E-state index >= 15 is 0 Å². The van der Waals surface area contributed by atoms with E-state index in [9.17, 15) is 4.79 Å². The Bertz CT molecular complexity index is 858. The molecular formula is C23H30ClN3OS. The summed E-state index contributed by atoms with van der Waals surface area (Å²) in [6.07, 6.45) is 5.95. The maximum atomic E-state index is 12.7. The number of carbonyl (C=O) groups excluding carboxylic acids is 1. The van der Waals surface area contributed by atoms with Crippen LogP contribution in [0, 0.1) is 6.92 Å².